The maximum absolute atomic E-state index is 12.0. The van der Waals surface area contributed by atoms with Gasteiger partial charge in [0.15, 0.2) is 0 Å². The minimum atomic E-state index is -0.890. The fourth-order valence-corrected chi connectivity index (χ4v) is 3.17. The molecular weight excluding hydrogens is 298 g/mol. The molecule has 0 spiro atoms. The average molecular weight is 318 g/mol. The molecule has 0 radical (unpaired) electrons. The highest BCUT2D eigenvalue weighted by Crippen LogP contribution is 2.22. The predicted molar refractivity (Wildman–Crippen MR) is 81.4 cm³/mol. The minimum absolute atomic E-state index is 0.0451. The number of carbonyl (C=O) groups excluding carboxylic acids is 1. The van der Waals surface area contributed by atoms with Crippen molar-refractivity contribution in [2.45, 2.75) is 51.5 Å². The Balaban J connectivity index is 2.55. The van der Waals surface area contributed by atoms with Crippen LogP contribution in [0.4, 0.5) is 0 Å². The first kappa shape index (κ1) is 17.0. The summed E-state index contributed by atoms with van der Waals surface area (Å²) >= 11 is 7.35. The van der Waals surface area contributed by atoms with Crippen LogP contribution >= 0.6 is 22.9 Å². The number of hydrogen-bond acceptors (Lipinski definition) is 3. The van der Waals surface area contributed by atoms with Gasteiger partial charge in [-0.3, -0.25) is 9.59 Å². The normalized spacial score (nSPS) is 11.3. The molecule has 1 aromatic heterocycles. The summed E-state index contributed by atoms with van der Waals surface area (Å²) in [5, 5.41) is 14.4. The van der Waals surface area contributed by atoms with Gasteiger partial charge in [0.25, 0.3) is 0 Å². The van der Waals surface area contributed by atoms with Crippen molar-refractivity contribution in [1.29, 1.82) is 0 Å². The number of amides is 1. The summed E-state index contributed by atoms with van der Waals surface area (Å²) in [6, 6.07) is 1.85. The van der Waals surface area contributed by atoms with E-state index in [1.165, 1.54) is 11.3 Å². The van der Waals surface area contributed by atoms with Gasteiger partial charge >= 0.3 is 5.97 Å². The predicted octanol–water partition coefficient (Wildman–Crippen LogP) is 3.48. The third-order valence-corrected chi connectivity index (χ3v) is 4.81. The second-order valence-corrected chi connectivity index (χ2v) is 6.27. The van der Waals surface area contributed by atoms with Crippen molar-refractivity contribution in [1.82, 2.24) is 5.32 Å². The van der Waals surface area contributed by atoms with Gasteiger partial charge in [-0.25, -0.2) is 0 Å². The largest absolute Gasteiger partial charge is 0.481 e. The van der Waals surface area contributed by atoms with E-state index in [4.69, 9.17) is 16.7 Å². The zero-order chi connectivity index (χ0) is 15.2. The van der Waals surface area contributed by atoms with Crippen molar-refractivity contribution >= 4 is 34.8 Å². The zero-order valence-corrected chi connectivity index (χ0v) is 13.3. The highest BCUT2D eigenvalue weighted by atomic mass is 35.5. The maximum atomic E-state index is 12.0. The summed E-state index contributed by atoms with van der Waals surface area (Å²) < 4.78 is 0. The lowest BCUT2D eigenvalue weighted by Gasteiger charge is -2.31. The van der Waals surface area contributed by atoms with E-state index in [9.17, 15) is 9.59 Å². The van der Waals surface area contributed by atoms with Crippen LogP contribution in [0.5, 0.6) is 0 Å². The topological polar surface area (TPSA) is 66.4 Å². The lowest BCUT2D eigenvalue weighted by atomic mass is 9.88. The van der Waals surface area contributed by atoms with Crippen molar-refractivity contribution in [3.05, 3.63) is 21.3 Å². The molecule has 0 saturated heterocycles. The van der Waals surface area contributed by atoms with E-state index in [0.717, 1.165) is 4.88 Å². The molecular formula is C14H20ClNO3S. The fraction of sp³-hybridized carbons (Fsp3) is 0.571. The quantitative estimate of drug-likeness (QED) is 0.771. The molecule has 0 aromatic carbocycles. The smallest absolute Gasteiger partial charge is 0.305 e. The Bertz CT molecular complexity index is 469. The van der Waals surface area contributed by atoms with Gasteiger partial charge in [0, 0.05) is 22.2 Å². The number of carboxylic acid groups (broad SMARTS) is 1. The van der Waals surface area contributed by atoms with E-state index in [1.54, 1.807) is 0 Å². The molecule has 0 aliphatic carbocycles. The number of carboxylic acids is 1. The summed E-state index contributed by atoms with van der Waals surface area (Å²) in [5.74, 6) is -1.00. The molecule has 1 aromatic rings. The Hall–Kier alpha value is -1.07. The number of hydrogen-bond donors (Lipinski definition) is 2. The molecule has 4 nitrogen and oxygen atoms in total. The van der Waals surface area contributed by atoms with E-state index in [-0.39, 0.29) is 12.3 Å². The zero-order valence-electron chi connectivity index (χ0n) is 11.7. The van der Waals surface area contributed by atoms with Gasteiger partial charge in [0.05, 0.1) is 11.4 Å². The van der Waals surface area contributed by atoms with Crippen molar-refractivity contribution in [2.75, 3.05) is 0 Å². The van der Waals surface area contributed by atoms with Crippen LogP contribution in [0.3, 0.4) is 0 Å². The van der Waals surface area contributed by atoms with Crippen LogP contribution < -0.4 is 5.32 Å². The van der Waals surface area contributed by atoms with Crippen LogP contribution in [0.15, 0.2) is 11.4 Å². The van der Waals surface area contributed by atoms with Crippen molar-refractivity contribution in [3.63, 3.8) is 0 Å². The molecule has 20 heavy (non-hydrogen) atoms. The summed E-state index contributed by atoms with van der Waals surface area (Å²) in [6.07, 6.45) is 2.13. The van der Waals surface area contributed by atoms with E-state index in [2.05, 4.69) is 5.32 Å². The van der Waals surface area contributed by atoms with Gasteiger partial charge in [-0.1, -0.05) is 25.4 Å². The van der Waals surface area contributed by atoms with Gasteiger partial charge in [0.2, 0.25) is 5.91 Å². The van der Waals surface area contributed by atoms with Gasteiger partial charge in [-0.2, -0.15) is 0 Å². The van der Waals surface area contributed by atoms with Crippen molar-refractivity contribution in [3.8, 4) is 0 Å². The van der Waals surface area contributed by atoms with Gasteiger partial charge < -0.3 is 10.4 Å². The van der Waals surface area contributed by atoms with Crippen LogP contribution in [0.2, 0.25) is 5.02 Å². The Kier molecular flexibility index (Phi) is 6.49. The molecule has 112 valence electrons. The first-order valence-electron chi connectivity index (χ1n) is 6.66. The van der Waals surface area contributed by atoms with Gasteiger partial charge in [0.1, 0.15) is 0 Å². The van der Waals surface area contributed by atoms with E-state index >= 15 is 0 Å². The molecule has 1 rings (SSSR count). The number of halogens is 1. The molecule has 0 atom stereocenters. The molecule has 1 heterocycles. The van der Waals surface area contributed by atoms with Gasteiger partial charge in [-0.15, -0.1) is 11.3 Å². The van der Waals surface area contributed by atoms with Crippen LogP contribution in [0.1, 0.15) is 44.4 Å². The summed E-state index contributed by atoms with van der Waals surface area (Å²) in [4.78, 5) is 24.0. The first-order valence-corrected chi connectivity index (χ1v) is 7.92. The number of aliphatic carboxylic acids is 1. The van der Waals surface area contributed by atoms with Crippen LogP contribution in [-0.4, -0.2) is 22.5 Å². The number of aryl methyl sites for hydroxylation is 1. The molecule has 0 unspecified atom stereocenters. The lowest BCUT2D eigenvalue weighted by molar-refractivity contribution is -0.139. The van der Waals surface area contributed by atoms with E-state index < -0.39 is 11.5 Å². The van der Waals surface area contributed by atoms with Crippen LogP contribution in [0.25, 0.3) is 0 Å². The SMILES string of the molecule is CCC(CC)(CC(=O)O)NC(=O)CCc1cc(Cl)cs1. The molecule has 0 aliphatic heterocycles. The minimum Gasteiger partial charge on any atom is -0.481 e. The molecule has 0 aliphatic rings. The number of rotatable bonds is 8. The Morgan fingerprint density at radius 1 is 1.40 bits per heavy atom. The van der Waals surface area contributed by atoms with E-state index in [1.807, 2.05) is 25.3 Å². The standard InChI is InChI=1S/C14H20ClNO3S/c1-3-14(4-2,8-13(18)19)16-12(17)6-5-11-7-10(15)9-20-11/h7,9H,3-6,8H2,1-2H3,(H,16,17)(H,18,19). The number of thiophene rings is 1. The van der Waals surface area contributed by atoms with Crippen LogP contribution in [0, 0.1) is 0 Å². The number of carbonyl (C=O) groups is 2. The molecule has 0 fully saturated rings. The van der Waals surface area contributed by atoms with Crippen LogP contribution in [-0.2, 0) is 16.0 Å². The third-order valence-electron chi connectivity index (χ3n) is 3.47. The Morgan fingerprint density at radius 2 is 2.05 bits per heavy atom. The fourth-order valence-electron chi connectivity index (χ4n) is 2.09. The lowest BCUT2D eigenvalue weighted by Crippen LogP contribution is -2.49. The monoisotopic (exact) mass is 317 g/mol. The van der Waals surface area contributed by atoms with E-state index in [0.29, 0.717) is 30.7 Å². The Labute approximate surface area is 128 Å². The van der Waals surface area contributed by atoms with Gasteiger partial charge in [-0.05, 0) is 25.3 Å². The first-order chi connectivity index (χ1) is 9.40. The molecule has 2 N–H and O–H groups in total. The molecule has 0 bridgehead atoms. The summed E-state index contributed by atoms with van der Waals surface area (Å²) in [7, 11) is 0. The summed E-state index contributed by atoms with van der Waals surface area (Å²) in [6.45, 7) is 3.79. The second kappa shape index (κ2) is 7.64. The highest BCUT2D eigenvalue weighted by molar-refractivity contribution is 7.10. The third kappa shape index (κ3) is 5.13. The summed E-state index contributed by atoms with van der Waals surface area (Å²) in [5.41, 5.74) is -0.643. The van der Waals surface area contributed by atoms with Crippen molar-refractivity contribution < 1.29 is 14.7 Å². The molecule has 1 amide bonds. The highest BCUT2D eigenvalue weighted by Gasteiger charge is 2.30. The average Bonchev–Trinajstić information content (AvgIpc) is 2.81. The maximum Gasteiger partial charge on any atom is 0.305 e. The Morgan fingerprint density at radius 3 is 2.50 bits per heavy atom. The second-order valence-electron chi connectivity index (χ2n) is 4.84. The van der Waals surface area contributed by atoms with Crippen molar-refractivity contribution in [2.24, 2.45) is 0 Å². The molecule has 6 heteroatoms. The number of nitrogens with one attached hydrogen (secondary N) is 1. The molecule has 0 saturated carbocycles.